The van der Waals surface area contributed by atoms with Crippen molar-refractivity contribution in [1.29, 1.82) is 0 Å². The number of carbonyl (C=O) groups excluding carboxylic acids is 3. The van der Waals surface area contributed by atoms with Crippen LogP contribution in [0.25, 0.3) is 0 Å². The molecule has 1 aliphatic carbocycles. The summed E-state index contributed by atoms with van der Waals surface area (Å²) < 4.78 is 11.9. The van der Waals surface area contributed by atoms with Gasteiger partial charge in [0.2, 0.25) is 5.91 Å². The summed E-state index contributed by atoms with van der Waals surface area (Å²) in [4.78, 5) is 55.0. The van der Waals surface area contributed by atoms with Gasteiger partial charge in [-0.25, -0.2) is 4.79 Å². The molecule has 34 heavy (non-hydrogen) atoms. The maximum absolute atomic E-state index is 13.7. The number of ether oxygens (including phenoxy) is 2. The molecule has 9 heteroatoms. The highest BCUT2D eigenvalue weighted by atomic mass is 16.5. The van der Waals surface area contributed by atoms with Gasteiger partial charge in [-0.15, -0.1) is 0 Å². The van der Waals surface area contributed by atoms with Crippen molar-refractivity contribution in [3.8, 4) is 5.75 Å². The summed E-state index contributed by atoms with van der Waals surface area (Å²) in [7, 11) is 2.75. The van der Waals surface area contributed by atoms with Crippen molar-refractivity contribution in [3.63, 3.8) is 0 Å². The SMILES string of the molecule is COC(=O)[C@@H]1CCCN1C(=O)c1c(OC)cc(=O)n2c1CCN(C(=O)CCC1CCCC1)CC2. The number of likely N-dealkylation sites (tertiary alicyclic amines) is 1. The summed E-state index contributed by atoms with van der Waals surface area (Å²) in [6.07, 6.45) is 8.00. The van der Waals surface area contributed by atoms with Gasteiger partial charge in [-0.3, -0.25) is 14.4 Å². The van der Waals surface area contributed by atoms with Crippen molar-refractivity contribution in [2.45, 2.75) is 70.4 Å². The predicted octanol–water partition coefficient (Wildman–Crippen LogP) is 1.99. The lowest BCUT2D eigenvalue weighted by Gasteiger charge is -2.25. The Morgan fingerprint density at radius 3 is 2.47 bits per heavy atom. The second kappa shape index (κ2) is 10.6. The molecular formula is C25H35N3O6. The Morgan fingerprint density at radius 2 is 1.76 bits per heavy atom. The number of hydrogen-bond donors (Lipinski definition) is 0. The number of rotatable bonds is 6. The molecule has 0 N–H and O–H groups in total. The minimum Gasteiger partial charge on any atom is -0.496 e. The van der Waals surface area contributed by atoms with Crippen LogP contribution in [0.15, 0.2) is 10.9 Å². The van der Waals surface area contributed by atoms with E-state index in [1.165, 1.54) is 50.9 Å². The molecule has 0 aromatic carbocycles. The Hall–Kier alpha value is -2.84. The molecule has 2 aliphatic heterocycles. The van der Waals surface area contributed by atoms with E-state index >= 15 is 0 Å². The largest absolute Gasteiger partial charge is 0.496 e. The van der Waals surface area contributed by atoms with Gasteiger partial charge in [0.25, 0.3) is 11.5 Å². The number of hydrogen-bond acceptors (Lipinski definition) is 6. The van der Waals surface area contributed by atoms with E-state index in [0.717, 1.165) is 6.42 Å². The number of methoxy groups -OCH3 is 2. The average Bonchev–Trinajstić information content (AvgIpc) is 3.50. The van der Waals surface area contributed by atoms with Gasteiger partial charge < -0.3 is 23.8 Å². The summed E-state index contributed by atoms with van der Waals surface area (Å²) >= 11 is 0. The van der Waals surface area contributed by atoms with Gasteiger partial charge in [0.15, 0.2) is 0 Å². The zero-order chi connectivity index (χ0) is 24.2. The van der Waals surface area contributed by atoms with E-state index in [9.17, 15) is 19.2 Å². The number of carbonyl (C=O) groups is 3. The first-order chi connectivity index (χ1) is 16.4. The zero-order valence-corrected chi connectivity index (χ0v) is 20.2. The second-order valence-electron chi connectivity index (χ2n) is 9.52. The van der Waals surface area contributed by atoms with Crippen molar-refractivity contribution < 1.29 is 23.9 Å². The van der Waals surface area contributed by atoms with Crippen molar-refractivity contribution in [1.82, 2.24) is 14.4 Å². The quantitative estimate of drug-likeness (QED) is 0.586. The van der Waals surface area contributed by atoms with Crippen LogP contribution in [0.2, 0.25) is 0 Å². The van der Waals surface area contributed by atoms with Crippen LogP contribution in [0.4, 0.5) is 0 Å². The number of fused-ring (bicyclic) bond motifs is 1. The van der Waals surface area contributed by atoms with Crippen LogP contribution >= 0.6 is 0 Å². The van der Waals surface area contributed by atoms with Crippen molar-refractivity contribution in [2.75, 3.05) is 33.9 Å². The maximum atomic E-state index is 13.7. The van der Waals surface area contributed by atoms with Crippen molar-refractivity contribution in [3.05, 3.63) is 27.7 Å². The Kier molecular flexibility index (Phi) is 7.58. The topological polar surface area (TPSA) is 98.2 Å². The third-order valence-electron chi connectivity index (χ3n) is 7.61. The fourth-order valence-electron chi connectivity index (χ4n) is 5.71. The first-order valence-corrected chi connectivity index (χ1v) is 12.4. The lowest BCUT2D eigenvalue weighted by molar-refractivity contribution is -0.145. The van der Waals surface area contributed by atoms with E-state index in [0.29, 0.717) is 69.0 Å². The van der Waals surface area contributed by atoms with Crippen LogP contribution < -0.4 is 10.3 Å². The minimum atomic E-state index is -0.644. The molecular weight excluding hydrogens is 438 g/mol. The van der Waals surface area contributed by atoms with Crippen LogP contribution in [-0.4, -0.2) is 72.0 Å². The number of amides is 2. The molecule has 0 radical (unpaired) electrons. The molecule has 0 bridgehead atoms. The van der Waals surface area contributed by atoms with E-state index in [1.807, 2.05) is 4.90 Å². The first kappa shape index (κ1) is 24.3. The van der Waals surface area contributed by atoms with E-state index in [4.69, 9.17) is 9.47 Å². The molecule has 0 unspecified atom stereocenters. The second-order valence-corrected chi connectivity index (χ2v) is 9.52. The van der Waals surface area contributed by atoms with Gasteiger partial charge in [-0.1, -0.05) is 25.7 Å². The summed E-state index contributed by atoms with van der Waals surface area (Å²) in [6, 6.07) is 0.687. The highest BCUT2D eigenvalue weighted by Gasteiger charge is 2.38. The molecule has 2 amide bonds. The van der Waals surface area contributed by atoms with Crippen LogP contribution in [0.3, 0.4) is 0 Å². The minimum absolute atomic E-state index is 0.109. The summed E-state index contributed by atoms with van der Waals surface area (Å²) in [5.74, 6) is 0.181. The van der Waals surface area contributed by atoms with E-state index < -0.39 is 12.0 Å². The van der Waals surface area contributed by atoms with E-state index in [2.05, 4.69) is 0 Å². The standard InChI is InChI=1S/C25H35N3O6/c1-33-20-16-22(30)27-15-14-26(21(29)10-9-17-6-3-4-7-17)13-11-18(27)23(20)24(31)28-12-5-8-19(28)25(32)34-2/h16-17,19H,3-15H2,1-2H3/t19-/m0/s1. The predicted molar refractivity (Wildman–Crippen MR) is 125 cm³/mol. The zero-order valence-electron chi connectivity index (χ0n) is 20.2. The fraction of sp³-hybridized carbons (Fsp3) is 0.680. The lowest BCUT2D eigenvalue weighted by atomic mass is 10.0. The molecule has 1 aromatic rings. The molecule has 1 aromatic heterocycles. The third kappa shape index (κ3) is 4.83. The maximum Gasteiger partial charge on any atom is 0.328 e. The van der Waals surface area contributed by atoms with Gasteiger partial charge >= 0.3 is 5.97 Å². The number of pyridine rings is 1. The molecule has 186 valence electrons. The lowest BCUT2D eigenvalue weighted by Crippen LogP contribution is -2.42. The molecule has 1 atom stereocenters. The highest BCUT2D eigenvalue weighted by molar-refractivity contribution is 6.00. The van der Waals surface area contributed by atoms with Crippen molar-refractivity contribution >= 4 is 17.8 Å². The normalized spacial score (nSPS) is 20.7. The smallest absolute Gasteiger partial charge is 0.328 e. The summed E-state index contributed by atoms with van der Waals surface area (Å²) in [6.45, 7) is 1.64. The summed E-state index contributed by atoms with van der Waals surface area (Å²) in [5.41, 5.74) is 0.615. The van der Waals surface area contributed by atoms with Crippen LogP contribution in [-0.2, 0) is 27.3 Å². The number of aromatic nitrogens is 1. The Morgan fingerprint density at radius 1 is 1.00 bits per heavy atom. The van der Waals surface area contributed by atoms with Gasteiger partial charge in [0, 0.05) is 50.8 Å². The third-order valence-corrected chi connectivity index (χ3v) is 7.61. The van der Waals surface area contributed by atoms with Crippen LogP contribution in [0, 0.1) is 5.92 Å². The molecule has 4 rings (SSSR count). The monoisotopic (exact) mass is 473 g/mol. The Bertz CT molecular complexity index is 997. The fourth-order valence-corrected chi connectivity index (χ4v) is 5.71. The molecule has 9 nitrogen and oxygen atoms in total. The van der Waals surface area contributed by atoms with E-state index in [-0.39, 0.29) is 23.1 Å². The highest BCUT2D eigenvalue weighted by Crippen LogP contribution is 2.30. The van der Waals surface area contributed by atoms with Gasteiger partial charge in [0.1, 0.15) is 17.4 Å². The average molecular weight is 474 g/mol. The van der Waals surface area contributed by atoms with Gasteiger partial charge in [0.05, 0.1) is 14.2 Å². The summed E-state index contributed by atoms with van der Waals surface area (Å²) in [5, 5.41) is 0. The molecule has 3 aliphatic rings. The van der Waals surface area contributed by atoms with Crippen LogP contribution in [0.5, 0.6) is 5.75 Å². The molecule has 2 fully saturated rings. The number of nitrogens with zero attached hydrogens (tertiary/aromatic N) is 3. The Balaban J connectivity index is 1.57. The van der Waals surface area contributed by atoms with Gasteiger partial charge in [-0.2, -0.15) is 0 Å². The van der Waals surface area contributed by atoms with Gasteiger partial charge in [-0.05, 0) is 25.2 Å². The molecule has 3 heterocycles. The van der Waals surface area contributed by atoms with E-state index in [1.54, 1.807) is 4.57 Å². The molecule has 1 saturated carbocycles. The van der Waals surface area contributed by atoms with Crippen molar-refractivity contribution in [2.24, 2.45) is 5.92 Å². The Labute approximate surface area is 200 Å². The molecule has 1 saturated heterocycles. The van der Waals surface area contributed by atoms with Crippen LogP contribution in [0.1, 0.15) is 67.4 Å². The first-order valence-electron chi connectivity index (χ1n) is 12.4. The number of esters is 1. The molecule has 0 spiro atoms.